The van der Waals surface area contributed by atoms with E-state index in [1.54, 1.807) is 24.3 Å². The quantitative estimate of drug-likeness (QED) is 0.875. The summed E-state index contributed by atoms with van der Waals surface area (Å²) in [6, 6.07) is 2.28. The molecule has 0 saturated carbocycles. The zero-order valence-electron chi connectivity index (χ0n) is 11.8. The molecule has 108 valence electrons. The largest absolute Gasteiger partial charge is 0.404 e. The molecule has 0 aliphatic rings. The summed E-state index contributed by atoms with van der Waals surface area (Å²) in [5, 5.41) is 7.46. The Morgan fingerprint density at radius 1 is 1.40 bits per heavy atom. The van der Waals surface area contributed by atoms with Crippen LogP contribution in [0.5, 0.6) is 11.9 Å². The SMILES string of the molecule is CC(C)CNCc1cc(Br)cnc1Oc1ncn(C)n1. The summed E-state index contributed by atoms with van der Waals surface area (Å²) in [7, 11) is 1.79. The van der Waals surface area contributed by atoms with Crippen LogP contribution < -0.4 is 10.1 Å². The van der Waals surface area contributed by atoms with E-state index in [0.717, 1.165) is 16.6 Å². The molecule has 0 atom stereocenters. The van der Waals surface area contributed by atoms with Gasteiger partial charge in [0.05, 0.1) is 0 Å². The first-order chi connectivity index (χ1) is 9.54. The zero-order valence-corrected chi connectivity index (χ0v) is 13.4. The second-order valence-electron chi connectivity index (χ2n) is 4.95. The summed E-state index contributed by atoms with van der Waals surface area (Å²) in [5.41, 5.74) is 0.965. The van der Waals surface area contributed by atoms with Crippen molar-refractivity contribution in [3.8, 4) is 11.9 Å². The Morgan fingerprint density at radius 3 is 2.85 bits per heavy atom. The molecule has 2 aromatic rings. The Hall–Kier alpha value is -1.47. The summed E-state index contributed by atoms with van der Waals surface area (Å²) < 4.78 is 8.13. The maximum Gasteiger partial charge on any atom is 0.342 e. The van der Waals surface area contributed by atoms with Crippen LogP contribution in [0.1, 0.15) is 19.4 Å². The molecule has 20 heavy (non-hydrogen) atoms. The fraction of sp³-hybridized carbons (Fsp3) is 0.462. The number of nitrogens with zero attached hydrogens (tertiary/aromatic N) is 4. The van der Waals surface area contributed by atoms with Crippen molar-refractivity contribution in [3.63, 3.8) is 0 Å². The van der Waals surface area contributed by atoms with Crippen molar-refractivity contribution in [2.45, 2.75) is 20.4 Å². The lowest BCUT2D eigenvalue weighted by Gasteiger charge is -2.10. The number of hydrogen-bond donors (Lipinski definition) is 1. The molecule has 0 aliphatic carbocycles. The van der Waals surface area contributed by atoms with Gasteiger partial charge in [0, 0.05) is 29.8 Å². The number of hydrogen-bond acceptors (Lipinski definition) is 5. The van der Waals surface area contributed by atoms with E-state index in [2.05, 4.69) is 50.2 Å². The van der Waals surface area contributed by atoms with E-state index < -0.39 is 0 Å². The van der Waals surface area contributed by atoms with E-state index in [4.69, 9.17) is 4.74 Å². The molecule has 0 fully saturated rings. The first kappa shape index (κ1) is 14.9. The van der Waals surface area contributed by atoms with Gasteiger partial charge in [-0.15, -0.1) is 5.10 Å². The summed E-state index contributed by atoms with van der Waals surface area (Å²) >= 11 is 3.43. The van der Waals surface area contributed by atoms with Gasteiger partial charge in [-0.25, -0.2) is 4.98 Å². The van der Waals surface area contributed by atoms with E-state index in [9.17, 15) is 0 Å². The Labute approximate surface area is 126 Å². The van der Waals surface area contributed by atoms with Gasteiger partial charge in [-0.2, -0.15) is 4.98 Å². The number of nitrogens with one attached hydrogen (secondary N) is 1. The minimum Gasteiger partial charge on any atom is -0.404 e. The van der Waals surface area contributed by atoms with Gasteiger partial charge >= 0.3 is 6.01 Å². The maximum absolute atomic E-state index is 5.63. The predicted octanol–water partition coefficient (Wildman–Crippen LogP) is 2.51. The highest BCUT2D eigenvalue weighted by molar-refractivity contribution is 9.10. The smallest absolute Gasteiger partial charge is 0.342 e. The van der Waals surface area contributed by atoms with Gasteiger partial charge in [0.25, 0.3) is 0 Å². The first-order valence-electron chi connectivity index (χ1n) is 6.43. The minimum absolute atomic E-state index is 0.299. The summed E-state index contributed by atoms with van der Waals surface area (Å²) in [6.45, 7) is 5.96. The first-order valence-corrected chi connectivity index (χ1v) is 7.22. The van der Waals surface area contributed by atoms with Crippen LogP contribution in [-0.4, -0.2) is 26.3 Å². The van der Waals surface area contributed by atoms with Gasteiger partial charge < -0.3 is 10.1 Å². The third-order valence-corrected chi connectivity index (χ3v) is 2.96. The normalized spacial score (nSPS) is 11.1. The molecule has 0 amide bonds. The van der Waals surface area contributed by atoms with Gasteiger partial charge in [-0.3, -0.25) is 4.68 Å². The molecule has 0 aromatic carbocycles. The lowest BCUT2D eigenvalue weighted by Crippen LogP contribution is -2.19. The molecule has 0 saturated heterocycles. The number of aryl methyl sites for hydroxylation is 1. The van der Waals surface area contributed by atoms with Gasteiger partial charge in [-0.05, 0) is 34.5 Å². The molecular formula is C13H18BrN5O. The third kappa shape index (κ3) is 4.28. The topological polar surface area (TPSA) is 64.9 Å². The van der Waals surface area contributed by atoms with Gasteiger partial charge in [0.15, 0.2) is 0 Å². The predicted molar refractivity (Wildman–Crippen MR) is 79.6 cm³/mol. The third-order valence-electron chi connectivity index (χ3n) is 2.53. The van der Waals surface area contributed by atoms with Crippen LogP contribution in [0.4, 0.5) is 0 Å². The van der Waals surface area contributed by atoms with Crippen molar-refractivity contribution < 1.29 is 4.74 Å². The maximum atomic E-state index is 5.63. The number of halogens is 1. The lowest BCUT2D eigenvalue weighted by molar-refractivity contribution is 0.413. The van der Waals surface area contributed by atoms with E-state index >= 15 is 0 Å². The van der Waals surface area contributed by atoms with Crippen molar-refractivity contribution >= 4 is 15.9 Å². The number of pyridine rings is 1. The fourth-order valence-electron chi connectivity index (χ4n) is 1.64. The molecule has 7 heteroatoms. The van der Waals surface area contributed by atoms with Crippen LogP contribution in [-0.2, 0) is 13.6 Å². The Morgan fingerprint density at radius 2 is 2.20 bits per heavy atom. The molecule has 1 N–H and O–H groups in total. The highest BCUT2D eigenvalue weighted by Gasteiger charge is 2.10. The highest BCUT2D eigenvalue weighted by atomic mass is 79.9. The Bertz CT molecular complexity index is 570. The average molecular weight is 340 g/mol. The van der Waals surface area contributed by atoms with Crippen LogP contribution in [0.3, 0.4) is 0 Å². The van der Waals surface area contributed by atoms with Crippen molar-refractivity contribution in [2.75, 3.05) is 6.54 Å². The highest BCUT2D eigenvalue weighted by Crippen LogP contribution is 2.23. The molecule has 0 bridgehead atoms. The molecular weight excluding hydrogens is 322 g/mol. The summed E-state index contributed by atoms with van der Waals surface area (Å²) in [6.07, 6.45) is 3.29. The number of rotatable bonds is 6. The van der Waals surface area contributed by atoms with Crippen LogP contribution in [0, 0.1) is 5.92 Å². The molecule has 2 rings (SSSR count). The van der Waals surface area contributed by atoms with E-state index in [-0.39, 0.29) is 0 Å². The Kier molecular flexibility index (Phi) is 5.08. The standard InChI is InChI=1S/C13H18BrN5O/c1-9(2)5-15-6-10-4-11(14)7-16-12(10)20-13-17-8-19(3)18-13/h4,7-9,15H,5-6H2,1-3H3. The Balaban J connectivity index is 2.10. The van der Waals surface area contributed by atoms with E-state index in [0.29, 0.717) is 24.4 Å². The van der Waals surface area contributed by atoms with E-state index in [1.165, 1.54) is 0 Å². The minimum atomic E-state index is 0.299. The average Bonchev–Trinajstić information content (AvgIpc) is 2.78. The van der Waals surface area contributed by atoms with Gasteiger partial charge in [0.1, 0.15) is 6.33 Å². The van der Waals surface area contributed by atoms with Crippen LogP contribution in [0.2, 0.25) is 0 Å². The van der Waals surface area contributed by atoms with Crippen LogP contribution in [0.25, 0.3) is 0 Å². The molecule has 0 radical (unpaired) electrons. The van der Waals surface area contributed by atoms with Crippen molar-refractivity contribution in [3.05, 3.63) is 28.6 Å². The lowest BCUT2D eigenvalue weighted by atomic mass is 10.2. The van der Waals surface area contributed by atoms with Crippen LogP contribution in [0.15, 0.2) is 23.1 Å². The molecule has 0 unspecified atom stereocenters. The van der Waals surface area contributed by atoms with Gasteiger partial charge in [-0.1, -0.05) is 13.8 Å². The molecule has 0 spiro atoms. The molecule has 0 aliphatic heterocycles. The monoisotopic (exact) mass is 339 g/mol. The van der Waals surface area contributed by atoms with Crippen molar-refractivity contribution in [1.29, 1.82) is 0 Å². The molecule has 2 heterocycles. The second-order valence-corrected chi connectivity index (χ2v) is 5.86. The second kappa shape index (κ2) is 6.81. The summed E-state index contributed by atoms with van der Waals surface area (Å²) in [4.78, 5) is 8.32. The van der Waals surface area contributed by atoms with Crippen molar-refractivity contribution in [1.82, 2.24) is 25.1 Å². The van der Waals surface area contributed by atoms with Gasteiger partial charge in [0.2, 0.25) is 5.88 Å². The molecule has 6 nitrogen and oxygen atoms in total. The molecule has 2 aromatic heterocycles. The van der Waals surface area contributed by atoms with E-state index in [1.807, 2.05) is 6.07 Å². The number of ether oxygens (including phenoxy) is 1. The summed E-state index contributed by atoms with van der Waals surface area (Å²) in [5.74, 6) is 1.12. The number of aromatic nitrogens is 4. The van der Waals surface area contributed by atoms with Crippen molar-refractivity contribution in [2.24, 2.45) is 13.0 Å². The van der Waals surface area contributed by atoms with Crippen LogP contribution >= 0.6 is 15.9 Å². The zero-order chi connectivity index (χ0) is 14.5. The fourth-order valence-corrected chi connectivity index (χ4v) is 2.01.